The highest BCUT2D eigenvalue weighted by atomic mass is 16.4. The number of nitrogens with zero attached hydrogens (tertiary/aromatic N) is 1. The van der Waals surface area contributed by atoms with Crippen molar-refractivity contribution in [3.63, 3.8) is 0 Å². The van der Waals surface area contributed by atoms with E-state index in [0.717, 1.165) is 32.7 Å². The second kappa shape index (κ2) is 7.85. The normalized spacial score (nSPS) is 18.1. The molecule has 8 nitrogen and oxygen atoms in total. The van der Waals surface area contributed by atoms with E-state index in [2.05, 4.69) is 20.9 Å². The van der Waals surface area contributed by atoms with Gasteiger partial charge in [-0.1, -0.05) is 0 Å². The number of aliphatic carboxylic acids is 1. The number of carboxylic acid groups (broad SMARTS) is 1. The molecule has 1 aliphatic rings. The van der Waals surface area contributed by atoms with Crippen molar-refractivity contribution in [2.24, 2.45) is 0 Å². The minimum atomic E-state index is -1.26. The van der Waals surface area contributed by atoms with Crippen LogP contribution in [0.5, 0.6) is 0 Å². The molecule has 5 N–H and O–H groups in total. The van der Waals surface area contributed by atoms with Gasteiger partial charge in [-0.2, -0.15) is 0 Å². The van der Waals surface area contributed by atoms with Gasteiger partial charge in [0.25, 0.3) is 0 Å². The van der Waals surface area contributed by atoms with E-state index < -0.39 is 24.6 Å². The largest absolute Gasteiger partial charge is 0.480 e. The van der Waals surface area contributed by atoms with Crippen molar-refractivity contribution >= 4 is 12.0 Å². The van der Waals surface area contributed by atoms with E-state index in [0.29, 0.717) is 6.54 Å². The molecule has 1 atom stereocenters. The second-order valence-corrected chi connectivity index (χ2v) is 4.07. The summed E-state index contributed by atoms with van der Waals surface area (Å²) in [5, 5.41) is 25.3. The summed E-state index contributed by atoms with van der Waals surface area (Å²) >= 11 is 0. The number of carboxylic acids is 1. The lowest BCUT2D eigenvalue weighted by atomic mass is 10.3. The molecule has 0 bridgehead atoms. The number of aliphatic hydroxyl groups is 1. The Balaban J connectivity index is 2.14. The van der Waals surface area contributed by atoms with Crippen LogP contribution in [0.15, 0.2) is 0 Å². The van der Waals surface area contributed by atoms with E-state index in [1.807, 2.05) is 0 Å². The molecule has 1 rings (SSSR count). The predicted octanol–water partition coefficient (Wildman–Crippen LogP) is -2.36. The van der Waals surface area contributed by atoms with Crippen molar-refractivity contribution < 1.29 is 19.8 Å². The minimum absolute atomic E-state index is 0.448. The summed E-state index contributed by atoms with van der Waals surface area (Å²) in [5.74, 6) is -1.25. The summed E-state index contributed by atoms with van der Waals surface area (Å²) in [7, 11) is 0. The van der Waals surface area contributed by atoms with Gasteiger partial charge in [-0.25, -0.2) is 9.59 Å². The molecular formula is C10H20N4O4. The topological polar surface area (TPSA) is 114 Å². The van der Waals surface area contributed by atoms with Gasteiger partial charge in [0.2, 0.25) is 0 Å². The molecule has 1 heterocycles. The van der Waals surface area contributed by atoms with Crippen LogP contribution in [0.4, 0.5) is 4.79 Å². The summed E-state index contributed by atoms with van der Waals surface area (Å²) in [6.45, 7) is 4.32. The van der Waals surface area contributed by atoms with Gasteiger partial charge in [-0.15, -0.1) is 0 Å². The Hall–Kier alpha value is -1.38. The van der Waals surface area contributed by atoms with Gasteiger partial charge in [0, 0.05) is 39.3 Å². The first-order valence-electron chi connectivity index (χ1n) is 5.94. The molecule has 0 saturated carbocycles. The molecule has 0 aliphatic carbocycles. The van der Waals surface area contributed by atoms with Crippen LogP contribution in [-0.2, 0) is 4.79 Å². The van der Waals surface area contributed by atoms with E-state index in [-0.39, 0.29) is 0 Å². The van der Waals surface area contributed by atoms with Crippen LogP contribution in [0.3, 0.4) is 0 Å². The van der Waals surface area contributed by atoms with Crippen LogP contribution in [0.25, 0.3) is 0 Å². The van der Waals surface area contributed by atoms with Crippen LogP contribution in [0.2, 0.25) is 0 Å². The fourth-order valence-electron chi connectivity index (χ4n) is 1.66. The molecule has 0 spiro atoms. The highest BCUT2D eigenvalue weighted by Crippen LogP contribution is 1.90. The SMILES string of the molecule is O=C(NCCN1CCNCC1)N[C@@H](CO)C(=O)O. The Morgan fingerprint density at radius 3 is 2.56 bits per heavy atom. The number of rotatable bonds is 6. The molecular weight excluding hydrogens is 240 g/mol. The molecule has 104 valence electrons. The van der Waals surface area contributed by atoms with Crippen molar-refractivity contribution in [1.82, 2.24) is 20.9 Å². The van der Waals surface area contributed by atoms with Crippen molar-refractivity contribution in [2.75, 3.05) is 45.9 Å². The number of carbonyl (C=O) groups is 2. The van der Waals surface area contributed by atoms with Crippen LogP contribution in [0, 0.1) is 0 Å². The smallest absolute Gasteiger partial charge is 0.328 e. The quantitative estimate of drug-likeness (QED) is 0.365. The molecule has 0 aromatic heterocycles. The third-order valence-electron chi connectivity index (χ3n) is 2.71. The maximum absolute atomic E-state index is 11.3. The number of aliphatic hydroxyl groups excluding tert-OH is 1. The lowest BCUT2D eigenvalue weighted by molar-refractivity contribution is -0.140. The summed E-state index contributed by atoms with van der Waals surface area (Å²) < 4.78 is 0. The number of hydrogen-bond acceptors (Lipinski definition) is 5. The first kappa shape index (κ1) is 14.7. The summed E-state index contributed by atoms with van der Waals surface area (Å²) in [6, 6.07) is -1.84. The standard InChI is InChI=1S/C10H20N4O4/c15-7-8(9(16)17)13-10(18)12-3-6-14-4-1-11-2-5-14/h8,11,15H,1-7H2,(H,16,17)(H2,12,13,18)/t8-/m0/s1. The Labute approximate surface area is 105 Å². The first-order chi connectivity index (χ1) is 8.63. The van der Waals surface area contributed by atoms with E-state index in [4.69, 9.17) is 10.2 Å². The number of nitrogens with one attached hydrogen (secondary N) is 3. The van der Waals surface area contributed by atoms with Gasteiger partial charge in [-0.05, 0) is 0 Å². The van der Waals surface area contributed by atoms with E-state index in [1.54, 1.807) is 0 Å². The Morgan fingerprint density at radius 1 is 1.33 bits per heavy atom. The molecule has 1 aliphatic heterocycles. The third-order valence-corrected chi connectivity index (χ3v) is 2.71. The molecule has 2 amide bonds. The molecule has 8 heteroatoms. The molecule has 0 unspecified atom stereocenters. The average molecular weight is 260 g/mol. The van der Waals surface area contributed by atoms with Gasteiger partial charge in [0.15, 0.2) is 6.04 Å². The number of urea groups is 1. The van der Waals surface area contributed by atoms with Gasteiger partial charge >= 0.3 is 12.0 Å². The number of piperazine rings is 1. The zero-order valence-electron chi connectivity index (χ0n) is 10.2. The third kappa shape index (κ3) is 5.30. The molecule has 18 heavy (non-hydrogen) atoms. The van der Waals surface area contributed by atoms with Crippen LogP contribution in [0.1, 0.15) is 0 Å². The van der Waals surface area contributed by atoms with Gasteiger partial charge < -0.3 is 26.2 Å². The van der Waals surface area contributed by atoms with Crippen LogP contribution >= 0.6 is 0 Å². The Bertz CT molecular complexity index is 281. The maximum atomic E-state index is 11.3. The summed E-state index contributed by atoms with van der Waals surface area (Å²) in [4.78, 5) is 24.1. The highest BCUT2D eigenvalue weighted by molar-refractivity contribution is 5.82. The number of hydrogen-bond donors (Lipinski definition) is 5. The molecule has 1 saturated heterocycles. The highest BCUT2D eigenvalue weighted by Gasteiger charge is 2.18. The molecule has 0 aromatic carbocycles. The van der Waals surface area contributed by atoms with E-state index >= 15 is 0 Å². The van der Waals surface area contributed by atoms with Crippen LogP contribution < -0.4 is 16.0 Å². The fourth-order valence-corrected chi connectivity index (χ4v) is 1.66. The van der Waals surface area contributed by atoms with Crippen molar-refractivity contribution in [3.05, 3.63) is 0 Å². The van der Waals surface area contributed by atoms with Crippen molar-refractivity contribution in [3.8, 4) is 0 Å². The molecule has 0 radical (unpaired) electrons. The van der Waals surface area contributed by atoms with Gasteiger partial charge in [0.05, 0.1) is 6.61 Å². The fraction of sp³-hybridized carbons (Fsp3) is 0.800. The van der Waals surface area contributed by atoms with E-state index in [1.165, 1.54) is 0 Å². The zero-order valence-corrected chi connectivity index (χ0v) is 10.2. The van der Waals surface area contributed by atoms with Gasteiger partial charge in [0.1, 0.15) is 0 Å². The lowest BCUT2D eigenvalue weighted by Gasteiger charge is -2.27. The van der Waals surface area contributed by atoms with Crippen LogP contribution in [-0.4, -0.2) is 79.0 Å². The number of amides is 2. The molecule has 1 fully saturated rings. The average Bonchev–Trinajstić information content (AvgIpc) is 2.37. The lowest BCUT2D eigenvalue weighted by Crippen LogP contribution is -2.50. The monoisotopic (exact) mass is 260 g/mol. The summed E-state index contributed by atoms with van der Waals surface area (Å²) in [5.41, 5.74) is 0. The first-order valence-corrected chi connectivity index (χ1v) is 5.94. The Morgan fingerprint density at radius 2 is 2.00 bits per heavy atom. The second-order valence-electron chi connectivity index (χ2n) is 4.07. The predicted molar refractivity (Wildman–Crippen MR) is 64.4 cm³/mol. The van der Waals surface area contributed by atoms with Crippen molar-refractivity contribution in [1.29, 1.82) is 0 Å². The maximum Gasteiger partial charge on any atom is 0.328 e. The zero-order chi connectivity index (χ0) is 13.4. The molecule has 0 aromatic rings. The van der Waals surface area contributed by atoms with Crippen molar-refractivity contribution in [2.45, 2.75) is 6.04 Å². The summed E-state index contributed by atoms with van der Waals surface area (Å²) in [6.07, 6.45) is 0. The van der Waals surface area contributed by atoms with Gasteiger partial charge in [-0.3, -0.25) is 4.90 Å². The Kier molecular flexibility index (Phi) is 6.40. The van der Waals surface area contributed by atoms with E-state index in [9.17, 15) is 9.59 Å². The number of carbonyl (C=O) groups excluding carboxylic acids is 1. The minimum Gasteiger partial charge on any atom is -0.480 e.